The summed E-state index contributed by atoms with van der Waals surface area (Å²) in [5.74, 6) is -0.948. The van der Waals surface area contributed by atoms with Crippen molar-refractivity contribution < 1.29 is 9.90 Å². The van der Waals surface area contributed by atoms with Crippen LogP contribution in [0.2, 0.25) is 0 Å². The number of thiazole rings is 1. The molecule has 0 aliphatic heterocycles. The summed E-state index contributed by atoms with van der Waals surface area (Å²) in [6.45, 7) is 1.89. The molecular formula is C11H10N2O2S. The molecule has 4 nitrogen and oxygen atoms in total. The number of nitrogens with one attached hydrogen (secondary N) is 1. The van der Waals surface area contributed by atoms with Crippen LogP contribution in [0.4, 0.5) is 10.8 Å². The van der Waals surface area contributed by atoms with Crippen LogP contribution in [0, 0.1) is 6.92 Å². The van der Waals surface area contributed by atoms with Crippen LogP contribution in [0.3, 0.4) is 0 Å². The number of aromatic nitrogens is 1. The third-order valence-corrected chi connectivity index (χ3v) is 2.89. The van der Waals surface area contributed by atoms with E-state index >= 15 is 0 Å². The van der Waals surface area contributed by atoms with Gasteiger partial charge in [0, 0.05) is 5.38 Å². The number of carboxylic acid groups (broad SMARTS) is 1. The third-order valence-electron chi connectivity index (χ3n) is 2.02. The average Bonchev–Trinajstić information content (AvgIpc) is 2.64. The van der Waals surface area contributed by atoms with Crippen molar-refractivity contribution in [2.45, 2.75) is 6.92 Å². The minimum atomic E-state index is -0.948. The first-order chi connectivity index (χ1) is 7.66. The van der Waals surface area contributed by atoms with Crippen molar-refractivity contribution in [3.8, 4) is 0 Å². The maximum Gasteiger partial charge on any atom is 0.337 e. The molecule has 0 radical (unpaired) electrons. The van der Waals surface area contributed by atoms with Gasteiger partial charge in [-0.3, -0.25) is 0 Å². The Bertz CT molecular complexity index is 522. The van der Waals surface area contributed by atoms with Gasteiger partial charge in [-0.15, -0.1) is 11.3 Å². The Morgan fingerprint density at radius 1 is 1.44 bits per heavy atom. The van der Waals surface area contributed by atoms with Gasteiger partial charge in [0.05, 0.1) is 16.9 Å². The fourth-order valence-corrected chi connectivity index (χ4v) is 2.01. The number of hydrogen-bond acceptors (Lipinski definition) is 4. The summed E-state index contributed by atoms with van der Waals surface area (Å²) in [7, 11) is 0. The average molecular weight is 234 g/mol. The Balaban J connectivity index is 2.31. The lowest BCUT2D eigenvalue weighted by molar-refractivity contribution is 0.0698. The number of hydrogen-bond donors (Lipinski definition) is 2. The molecule has 0 atom stereocenters. The van der Waals surface area contributed by atoms with E-state index < -0.39 is 5.97 Å². The molecule has 2 rings (SSSR count). The third kappa shape index (κ3) is 2.20. The van der Waals surface area contributed by atoms with Crippen LogP contribution < -0.4 is 5.32 Å². The number of nitrogens with zero attached hydrogens (tertiary/aromatic N) is 1. The van der Waals surface area contributed by atoms with E-state index in [0.29, 0.717) is 10.8 Å². The minimum absolute atomic E-state index is 0.246. The summed E-state index contributed by atoms with van der Waals surface area (Å²) < 4.78 is 0. The fourth-order valence-electron chi connectivity index (χ4n) is 1.31. The molecule has 1 heterocycles. The summed E-state index contributed by atoms with van der Waals surface area (Å²) in [6, 6.07) is 6.77. The molecule has 0 amide bonds. The van der Waals surface area contributed by atoms with Gasteiger partial charge in [0.2, 0.25) is 0 Å². The van der Waals surface area contributed by atoms with Crippen molar-refractivity contribution in [2.24, 2.45) is 0 Å². The Morgan fingerprint density at radius 3 is 2.81 bits per heavy atom. The van der Waals surface area contributed by atoms with Crippen molar-refractivity contribution in [3.05, 3.63) is 40.9 Å². The summed E-state index contributed by atoms with van der Waals surface area (Å²) in [5.41, 5.74) is 1.72. The molecule has 0 aliphatic carbocycles. The second-order valence-corrected chi connectivity index (χ2v) is 4.13. The Labute approximate surface area is 96.6 Å². The lowest BCUT2D eigenvalue weighted by atomic mass is 10.2. The van der Waals surface area contributed by atoms with Gasteiger partial charge in [-0.25, -0.2) is 9.78 Å². The molecule has 0 aliphatic rings. The van der Waals surface area contributed by atoms with Gasteiger partial charge in [-0.05, 0) is 19.1 Å². The van der Waals surface area contributed by atoms with Gasteiger partial charge in [-0.2, -0.15) is 0 Å². The molecule has 1 aromatic heterocycles. The molecular weight excluding hydrogens is 224 g/mol. The summed E-state index contributed by atoms with van der Waals surface area (Å²) in [4.78, 5) is 15.2. The van der Waals surface area contributed by atoms with Gasteiger partial charge in [0.15, 0.2) is 5.13 Å². The van der Waals surface area contributed by atoms with Gasteiger partial charge in [-0.1, -0.05) is 12.1 Å². The minimum Gasteiger partial charge on any atom is -0.478 e. The SMILES string of the molecule is Cc1csc(Nc2ccccc2C(=O)O)n1. The molecule has 5 heteroatoms. The number of carbonyl (C=O) groups is 1. The molecule has 2 aromatic rings. The predicted molar refractivity (Wildman–Crippen MR) is 63.5 cm³/mol. The van der Waals surface area contributed by atoms with E-state index in [9.17, 15) is 4.79 Å². The maximum absolute atomic E-state index is 11.0. The van der Waals surface area contributed by atoms with Crippen LogP contribution in [0.15, 0.2) is 29.6 Å². The molecule has 0 unspecified atom stereocenters. The molecule has 1 aromatic carbocycles. The largest absolute Gasteiger partial charge is 0.478 e. The normalized spacial score (nSPS) is 10.1. The lowest BCUT2D eigenvalue weighted by Crippen LogP contribution is -2.02. The van der Waals surface area contributed by atoms with Crippen LogP contribution in [0.5, 0.6) is 0 Å². The molecule has 2 N–H and O–H groups in total. The van der Waals surface area contributed by atoms with E-state index in [2.05, 4.69) is 10.3 Å². The number of rotatable bonds is 3. The number of aromatic carboxylic acids is 1. The van der Waals surface area contributed by atoms with E-state index in [1.807, 2.05) is 12.3 Å². The van der Waals surface area contributed by atoms with Crippen molar-refractivity contribution in [3.63, 3.8) is 0 Å². The Hall–Kier alpha value is -1.88. The highest BCUT2D eigenvalue weighted by atomic mass is 32.1. The van der Waals surface area contributed by atoms with Crippen LogP contribution >= 0.6 is 11.3 Å². The van der Waals surface area contributed by atoms with E-state index in [4.69, 9.17) is 5.11 Å². The standard InChI is InChI=1S/C11H10N2O2S/c1-7-6-16-11(12-7)13-9-5-3-2-4-8(9)10(14)15/h2-6H,1H3,(H,12,13)(H,14,15). The van der Waals surface area contributed by atoms with E-state index in [1.54, 1.807) is 24.3 Å². The van der Waals surface area contributed by atoms with Crippen molar-refractivity contribution in [1.82, 2.24) is 4.98 Å². The molecule has 0 spiro atoms. The molecule has 0 fully saturated rings. The molecule has 0 saturated carbocycles. The molecule has 0 bridgehead atoms. The van der Waals surface area contributed by atoms with Crippen LogP contribution in [-0.2, 0) is 0 Å². The zero-order valence-corrected chi connectivity index (χ0v) is 9.41. The summed E-state index contributed by atoms with van der Waals surface area (Å²) in [6.07, 6.45) is 0. The summed E-state index contributed by atoms with van der Waals surface area (Å²) in [5, 5.41) is 14.6. The second kappa shape index (κ2) is 4.32. The number of carboxylic acids is 1. The fraction of sp³-hybridized carbons (Fsp3) is 0.0909. The smallest absolute Gasteiger partial charge is 0.337 e. The van der Waals surface area contributed by atoms with Crippen molar-refractivity contribution in [2.75, 3.05) is 5.32 Å². The van der Waals surface area contributed by atoms with Crippen LogP contribution in [-0.4, -0.2) is 16.1 Å². The topological polar surface area (TPSA) is 62.2 Å². The Morgan fingerprint density at radius 2 is 2.19 bits per heavy atom. The lowest BCUT2D eigenvalue weighted by Gasteiger charge is -2.05. The van der Waals surface area contributed by atoms with Crippen LogP contribution in [0.25, 0.3) is 0 Å². The molecule has 0 saturated heterocycles. The summed E-state index contributed by atoms with van der Waals surface area (Å²) >= 11 is 1.45. The van der Waals surface area contributed by atoms with Gasteiger partial charge in [0.1, 0.15) is 0 Å². The van der Waals surface area contributed by atoms with Gasteiger partial charge in [0.25, 0.3) is 0 Å². The van der Waals surface area contributed by atoms with Gasteiger partial charge < -0.3 is 10.4 Å². The number of aryl methyl sites for hydroxylation is 1. The zero-order chi connectivity index (χ0) is 11.5. The van der Waals surface area contributed by atoms with Crippen LogP contribution in [0.1, 0.15) is 16.1 Å². The highest BCUT2D eigenvalue weighted by Gasteiger charge is 2.09. The van der Waals surface area contributed by atoms with E-state index in [1.165, 1.54) is 11.3 Å². The van der Waals surface area contributed by atoms with Crippen molar-refractivity contribution in [1.29, 1.82) is 0 Å². The second-order valence-electron chi connectivity index (χ2n) is 3.27. The highest BCUT2D eigenvalue weighted by molar-refractivity contribution is 7.13. The molecule has 16 heavy (non-hydrogen) atoms. The number of anilines is 2. The zero-order valence-electron chi connectivity index (χ0n) is 8.60. The molecule has 82 valence electrons. The number of para-hydroxylation sites is 1. The first-order valence-corrected chi connectivity index (χ1v) is 5.56. The quantitative estimate of drug-likeness (QED) is 0.857. The van der Waals surface area contributed by atoms with Gasteiger partial charge >= 0.3 is 5.97 Å². The number of benzene rings is 1. The maximum atomic E-state index is 11.0. The first-order valence-electron chi connectivity index (χ1n) is 4.68. The Kier molecular flexibility index (Phi) is 2.87. The van der Waals surface area contributed by atoms with E-state index in [-0.39, 0.29) is 5.56 Å². The van der Waals surface area contributed by atoms with E-state index in [0.717, 1.165) is 5.69 Å². The predicted octanol–water partition coefficient (Wildman–Crippen LogP) is 2.89. The van der Waals surface area contributed by atoms with Crippen molar-refractivity contribution >= 4 is 28.1 Å². The highest BCUT2D eigenvalue weighted by Crippen LogP contribution is 2.23. The monoisotopic (exact) mass is 234 g/mol. The first kappa shape index (κ1) is 10.6.